The SMILES string of the molecule is CC(C)(C)OC(=O)N[C@@H](Cc1cc(Br)cc([N+](=O)[O-])c1)C(=O)O. The second-order valence-corrected chi connectivity index (χ2v) is 6.73. The van der Waals surface area contributed by atoms with E-state index in [-0.39, 0.29) is 12.1 Å². The second kappa shape index (κ2) is 7.40. The Balaban J connectivity index is 2.90. The van der Waals surface area contributed by atoms with E-state index < -0.39 is 28.6 Å². The molecule has 1 amide bonds. The van der Waals surface area contributed by atoms with Gasteiger partial charge in [-0.15, -0.1) is 0 Å². The zero-order valence-corrected chi connectivity index (χ0v) is 14.4. The van der Waals surface area contributed by atoms with Gasteiger partial charge in [0.1, 0.15) is 11.6 Å². The number of halogens is 1. The average Bonchev–Trinajstić information content (AvgIpc) is 2.34. The Morgan fingerprint density at radius 3 is 2.48 bits per heavy atom. The van der Waals surface area contributed by atoms with Crippen LogP contribution in [0.3, 0.4) is 0 Å². The van der Waals surface area contributed by atoms with E-state index in [9.17, 15) is 24.8 Å². The van der Waals surface area contributed by atoms with Crippen LogP contribution in [0.5, 0.6) is 0 Å². The minimum absolute atomic E-state index is 0.116. The summed E-state index contributed by atoms with van der Waals surface area (Å²) in [6.07, 6.45) is -0.983. The van der Waals surface area contributed by atoms with E-state index in [2.05, 4.69) is 21.2 Å². The first-order chi connectivity index (χ1) is 10.5. The molecule has 0 unspecified atom stereocenters. The predicted molar refractivity (Wildman–Crippen MR) is 85.3 cm³/mol. The molecule has 0 bridgehead atoms. The summed E-state index contributed by atoms with van der Waals surface area (Å²) in [4.78, 5) is 33.2. The van der Waals surface area contributed by atoms with Gasteiger partial charge in [-0.1, -0.05) is 15.9 Å². The van der Waals surface area contributed by atoms with Crippen molar-refractivity contribution in [2.24, 2.45) is 0 Å². The molecule has 126 valence electrons. The molecule has 0 saturated heterocycles. The van der Waals surface area contributed by atoms with Gasteiger partial charge in [0.2, 0.25) is 0 Å². The van der Waals surface area contributed by atoms with Crippen LogP contribution in [-0.2, 0) is 16.0 Å². The number of benzene rings is 1. The summed E-state index contributed by atoms with van der Waals surface area (Å²) in [5.74, 6) is -1.27. The number of aliphatic carboxylic acids is 1. The number of carbonyl (C=O) groups excluding carboxylic acids is 1. The summed E-state index contributed by atoms with van der Waals surface area (Å²) in [6.45, 7) is 4.96. The molecule has 0 heterocycles. The molecule has 0 aliphatic carbocycles. The zero-order valence-electron chi connectivity index (χ0n) is 12.8. The fourth-order valence-corrected chi connectivity index (χ4v) is 2.27. The van der Waals surface area contributed by atoms with Crippen LogP contribution in [0.2, 0.25) is 0 Å². The molecule has 0 radical (unpaired) electrons. The van der Waals surface area contributed by atoms with Crippen molar-refractivity contribution < 1.29 is 24.4 Å². The van der Waals surface area contributed by atoms with Gasteiger partial charge in [0.05, 0.1) is 4.92 Å². The lowest BCUT2D eigenvalue weighted by Gasteiger charge is -2.22. The zero-order chi connectivity index (χ0) is 17.8. The summed E-state index contributed by atoms with van der Waals surface area (Å²) in [7, 11) is 0. The molecule has 0 fully saturated rings. The van der Waals surface area contributed by atoms with Crippen LogP contribution in [0.25, 0.3) is 0 Å². The number of carbonyl (C=O) groups is 2. The fraction of sp³-hybridized carbons (Fsp3) is 0.429. The number of hydrogen-bond donors (Lipinski definition) is 2. The largest absolute Gasteiger partial charge is 0.480 e. The molecule has 1 rings (SSSR count). The third kappa shape index (κ3) is 6.64. The highest BCUT2D eigenvalue weighted by Gasteiger charge is 2.25. The number of nitro groups is 1. The molecule has 1 aromatic rings. The Morgan fingerprint density at radius 2 is 2.00 bits per heavy atom. The molecule has 0 aliphatic rings. The molecular formula is C14H17BrN2O6. The monoisotopic (exact) mass is 388 g/mol. The molecule has 2 N–H and O–H groups in total. The van der Waals surface area contributed by atoms with Crippen molar-refractivity contribution in [3.63, 3.8) is 0 Å². The van der Waals surface area contributed by atoms with Crippen LogP contribution in [0, 0.1) is 10.1 Å². The van der Waals surface area contributed by atoms with Crippen LogP contribution >= 0.6 is 15.9 Å². The molecule has 0 aromatic heterocycles. The minimum atomic E-state index is -1.27. The minimum Gasteiger partial charge on any atom is -0.480 e. The van der Waals surface area contributed by atoms with Crippen LogP contribution in [0.4, 0.5) is 10.5 Å². The van der Waals surface area contributed by atoms with Crippen LogP contribution in [0.15, 0.2) is 22.7 Å². The number of non-ortho nitro benzene ring substituents is 1. The first-order valence-corrected chi connectivity index (χ1v) is 7.43. The van der Waals surface area contributed by atoms with E-state index >= 15 is 0 Å². The number of nitrogens with one attached hydrogen (secondary N) is 1. The maximum atomic E-state index is 11.7. The molecular weight excluding hydrogens is 372 g/mol. The predicted octanol–water partition coefficient (Wildman–Crippen LogP) is 2.88. The highest BCUT2D eigenvalue weighted by atomic mass is 79.9. The van der Waals surface area contributed by atoms with Crippen molar-refractivity contribution in [3.8, 4) is 0 Å². The van der Waals surface area contributed by atoms with E-state index in [1.165, 1.54) is 12.1 Å². The van der Waals surface area contributed by atoms with Crippen LogP contribution in [-0.4, -0.2) is 33.7 Å². The number of carboxylic acid groups (broad SMARTS) is 1. The van der Waals surface area contributed by atoms with Gasteiger partial charge in [-0.3, -0.25) is 10.1 Å². The number of alkyl carbamates (subject to hydrolysis) is 1. The topological polar surface area (TPSA) is 119 Å². The summed E-state index contributed by atoms with van der Waals surface area (Å²) in [5.41, 5.74) is -0.535. The molecule has 0 aliphatic heterocycles. The molecule has 0 spiro atoms. The van der Waals surface area contributed by atoms with Crippen molar-refractivity contribution in [1.29, 1.82) is 0 Å². The lowest BCUT2D eigenvalue weighted by atomic mass is 10.1. The molecule has 1 atom stereocenters. The van der Waals surface area contributed by atoms with Gasteiger partial charge in [0.25, 0.3) is 5.69 Å². The molecule has 1 aromatic carbocycles. The first kappa shape index (κ1) is 18.9. The smallest absolute Gasteiger partial charge is 0.408 e. The van der Waals surface area contributed by atoms with E-state index in [1.54, 1.807) is 26.8 Å². The van der Waals surface area contributed by atoms with Gasteiger partial charge >= 0.3 is 12.1 Å². The van der Waals surface area contributed by atoms with Crippen molar-refractivity contribution in [2.75, 3.05) is 0 Å². The third-order valence-electron chi connectivity index (χ3n) is 2.58. The van der Waals surface area contributed by atoms with Crippen molar-refractivity contribution in [1.82, 2.24) is 5.32 Å². The summed E-state index contributed by atoms with van der Waals surface area (Å²) >= 11 is 3.13. The maximum absolute atomic E-state index is 11.7. The van der Waals surface area contributed by atoms with Crippen molar-refractivity contribution in [3.05, 3.63) is 38.3 Å². The van der Waals surface area contributed by atoms with Gasteiger partial charge in [0.15, 0.2) is 0 Å². The van der Waals surface area contributed by atoms with E-state index in [4.69, 9.17) is 4.74 Å². The van der Waals surface area contributed by atoms with E-state index in [0.717, 1.165) is 0 Å². The lowest BCUT2D eigenvalue weighted by Crippen LogP contribution is -2.44. The summed E-state index contributed by atoms with van der Waals surface area (Å²) < 4.78 is 5.46. The molecule has 23 heavy (non-hydrogen) atoms. The fourth-order valence-electron chi connectivity index (χ4n) is 1.74. The lowest BCUT2D eigenvalue weighted by molar-refractivity contribution is -0.385. The van der Waals surface area contributed by atoms with Gasteiger partial charge in [-0.2, -0.15) is 0 Å². The molecule has 8 nitrogen and oxygen atoms in total. The number of rotatable bonds is 5. The van der Waals surface area contributed by atoms with Gasteiger partial charge in [0, 0.05) is 23.0 Å². The number of amides is 1. The number of nitro benzene ring substituents is 1. The van der Waals surface area contributed by atoms with E-state index in [0.29, 0.717) is 10.0 Å². The number of ether oxygens (including phenoxy) is 1. The third-order valence-corrected chi connectivity index (χ3v) is 3.04. The Labute approximate surface area is 141 Å². The summed E-state index contributed by atoms with van der Waals surface area (Å²) in [5, 5.41) is 22.3. The van der Waals surface area contributed by atoms with Crippen molar-refractivity contribution >= 4 is 33.7 Å². The number of hydrogen-bond acceptors (Lipinski definition) is 5. The van der Waals surface area contributed by atoms with Crippen LogP contribution in [0.1, 0.15) is 26.3 Å². The maximum Gasteiger partial charge on any atom is 0.408 e. The van der Waals surface area contributed by atoms with E-state index in [1.807, 2.05) is 0 Å². The van der Waals surface area contributed by atoms with Gasteiger partial charge < -0.3 is 15.2 Å². The Hall–Kier alpha value is -2.16. The highest BCUT2D eigenvalue weighted by molar-refractivity contribution is 9.10. The Morgan fingerprint density at radius 1 is 1.39 bits per heavy atom. The number of carboxylic acids is 1. The van der Waals surface area contributed by atoms with Crippen LogP contribution < -0.4 is 5.32 Å². The molecule has 0 saturated carbocycles. The Kier molecular flexibility index (Phi) is 6.08. The quantitative estimate of drug-likeness (QED) is 0.591. The average molecular weight is 389 g/mol. The first-order valence-electron chi connectivity index (χ1n) is 6.64. The second-order valence-electron chi connectivity index (χ2n) is 5.82. The highest BCUT2D eigenvalue weighted by Crippen LogP contribution is 2.22. The van der Waals surface area contributed by atoms with Gasteiger partial charge in [-0.05, 0) is 32.4 Å². The normalized spacial score (nSPS) is 12.3. The standard InChI is InChI=1S/C14H17BrN2O6/c1-14(2,3)23-13(20)16-11(12(18)19)6-8-4-9(15)7-10(5-8)17(21)22/h4-5,7,11H,6H2,1-3H3,(H,16,20)(H,18,19)/t11-/m0/s1. The Bertz CT molecular complexity index is 626. The molecule has 9 heteroatoms. The number of nitrogens with zero attached hydrogens (tertiary/aromatic N) is 1. The summed E-state index contributed by atoms with van der Waals surface area (Å²) in [6, 6.07) is 2.86. The van der Waals surface area contributed by atoms with Crippen molar-refractivity contribution in [2.45, 2.75) is 38.8 Å². The van der Waals surface area contributed by atoms with Gasteiger partial charge in [-0.25, -0.2) is 9.59 Å².